The third-order valence-corrected chi connectivity index (χ3v) is 5.37. The predicted molar refractivity (Wildman–Crippen MR) is 129 cm³/mol. The third-order valence-electron chi connectivity index (χ3n) is 5.37. The van der Waals surface area contributed by atoms with Gasteiger partial charge in [-0.3, -0.25) is 0 Å². The summed E-state index contributed by atoms with van der Waals surface area (Å²) in [5.74, 6) is 0. The first kappa shape index (κ1) is 31.6. The van der Waals surface area contributed by atoms with Crippen LogP contribution in [0.25, 0.3) is 0 Å². The average Bonchev–Trinajstić information content (AvgIpc) is 3.21. The molecule has 1 aliphatic heterocycles. The van der Waals surface area contributed by atoms with Crippen molar-refractivity contribution >= 4 is 0 Å². The van der Waals surface area contributed by atoms with Crippen LogP contribution in [-0.2, 0) is 42.6 Å². The van der Waals surface area contributed by atoms with Crippen LogP contribution in [0.15, 0.2) is 0 Å². The SMILES string of the molecule is CCC1CC(OCCOCCOCCOCCOCCOCCOCCOCCOC)CN1C. The molecule has 0 spiro atoms. The molecule has 0 aromatic rings. The van der Waals surface area contributed by atoms with Gasteiger partial charge in [0.15, 0.2) is 0 Å². The van der Waals surface area contributed by atoms with Gasteiger partial charge in [-0.1, -0.05) is 6.92 Å². The first-order valence-corrected chi connectivity index (χ1v) is 12.6. The summed E-state index contributed by atoms with van der Waals surface area (Å²) in [4.78, 5) is 2.38. The van der Waals surface area contributed by atoms with Crippen molar-refractivity contribution in [3.05, 3.63) is 0 Å². The van der Waals surface area contributed by atoms with Gasteiger partial charge in [-0.2, -0.15) is 0 Å². The van der Waals surface area contributed by atoms with Crippen molar-refractivity contribution < 1.29 is 42.6 Å². The van der Waals surface area contributed by atoms with E-state index in [0.717, 1.165) is 13.0 Å². The lowest BCUT2D eigenvalue weighted by molar-refractivity contribution is -0.0276. The molecular formula is C24H49NO9. The molecule has 204 valence electrons. The summed E-state index contributed by atoms with van der Waals surface area (Å²) in [7, 11) is 3.82. The normalized spacial score (nSPS) is 18.8. The van der Waals surface area contributed by atoms with Crippen LogP contribution in [0.2, 0.25) is 0 Å². The highest BCUT2D eigenvalue weighted by atomic mass is 16.6. The van der Waals surface area contributed by atoms with E-state index in [4.69, 9.17) is 42.6 Å². The minimum Gasteiger partial charge on any atom is -0.382 e. The van der Waals surface area contributed by atoms with Crippen LogP contribution in [0.3, 0.4) is 0 Å². The van der Waals surface area contributed by atoms with Crippen molar-refractivity contribution in [3.8, 4) is 0 Å². The van der Waals surface area contributed by atoms with Crippen molar-refractivity contribution in [3.63, 3.8) is 0 Å². The number of rotatable bonds is 26. The standard InChI is InChI=1S/C24H49NO9/c1-4-23-21-24(22-25(23)2)34-20-19-33-18-17-32-16-15-31-14-13-30-12-11-29-10-9-28-8-7-27-6-5-26-3/h23-24H,4-22H2,1-3H3. The Morgan fingerprint density at radius 2 is 0.912 bits per heavy atom. The van der Waals surface area contributed by atoms with Crippen LogP contribution >= 0.6 is 0 Å². The van der Waals surface area contributed by atoms with Gasteiger partial charge in [0, 0.05) is 19.7 Å². The van der Waals surface area contributed by atoms with E-state index in [1.165, 1.54) is 6.42 Å². The fraction of sp³-hybridized carbons (Fsp3) is 1.00. The van der Waals surface area contributed by atoms with Crippen LogP contribution in [0, 0.1) is 0 Å². The number of hydrogen-bond donors (Lipinski definition) is 0. The van der Waals surface area contributed by atoms with Gasteiger partial charge < -0.3 is 47.5 Å². The van der Waals surface area contributed by atoms with Gasteiger partial charge in [0.2, 0.25) is 0 Å². The topological polar surface area (TPSA) is 86.3 Å². The molecule has 10 heteroatoms. The predicted octanol–water partition coefficient (Wildman–Crippen LogP) is 1.25. The molecule has 34 heavy (non-hydrogen) atoms. The van der Waals surface area contributed by atoms with Gasteiger partial charge in [0.25, 0.3) is 0 Å². The van der Waals surface area contributed by atoms with E-state index in [9.17, 15) is 0 Å². The van der Waals surface area contributed by atoms with Gasteiger partial charge in [0.05, 0.1) is 112 Å². The highest BCUT2D eigenvalue weighted by Crippen LogP contribution is 2.20. The maximum Gasteiger partial charge on any atom is 0.0718 e. The fourth-order valence-corrected chi connectivity index (χ4v) is 3.46. The lowest BCUT2D eigenvalue weighted by Gasteiger charge is -2.15. The van der Waals surface area contributed by atoms with E-state index in [1.807, 2.05) is 0 Å². The Hall–Kier alpha value is -0.400. The summed E-state index contributed by atoms with van der Waals surface area (Å²) < 4.78 is 48.9. The van der Waals surface area contributed by atoms with Crippen molar-refractivity contribution in [2.75, 3.05) is 126 Å². The molecule has 0 saturated carbocycles. The lowest BCUT2D eigenvalue weighted by atomic mass is 10.1. The summed E-state index contributed by atoms with van der Waals surface area (Å²) in [6.07, 6.45) is 2.64. The Morgan fingerprint density at radius 3 is 1.24 bits per heavy atom. The number of ether oxygens (including phenoxy) is 9. The molecule has 1 rings (SSSR count). The fourth-order valence-electron chi connectivity index (χ4n) is 3.46. The first-order chi connectivity index (χ1) is 16.8. The van der Waals surface area contributed by atoms with E-state index >= 15 is 0 Å². The van der Waals surface area contributed by atoms with E-state index in [-0.39, 0.29) is 0 Å². The zero-order valence-electron chi connectivity index (χ0n) is 21.7. The molecule has 2 atom stereocenters. The van der Waals surface area contributed by atoms with Crippen molar-refractivity contribution in [1.82, 2.24) is 4.90 Å². The molecule has 0 bridgehead atoms. The third kappa shape index (κ3) is 18.9. The second-order valence-corrected chi connectivity index (χ2v) is 8.01. The minimum atomic E-state index is 0.338. The van der Waals surface area contributed by atoms with Gasteiger partial charge in [-0.15, -0.1) is 0 Å². The molecular weight excluding hydrogens is 446 g/mol. The van der Waals surface area contributed by atoms with Crippen LogP contribution in [0.4, 0.5) is 0 Å². The van der Waals surface area contributed by atoms with Crippen molar-refractivity contribution in [1.29, 1.82) is 0 Å². The van der Waals surface area contributed by atoms with Crippen LogP contribution in [0.5, 0.6) is 0 Å². The molecule has 0 aliphatic carbocycles. The van der Waals surface area contributed by atoms with Gasteiger partial charge in [0.1, 0.15) is 0 Å². The highest BCUT2D eigenvalue weighted by molar-refractivity contribution is 4.82. The van der Waals surface area contributed by atoms with E-state index in [2.05, 4.69) is 18.9 Å². The Morgan fingerprint density at radius 1 is 0.559 bits per heavy atom. The summed E-state index contributed by atoms with van der Waals surface area (Å²) in [5.41, 5.74) is 0. The van der Waals surface area contributed by atoms with E-state index in [1.54, 1.807) is 7.11 Å². The summed E-state index contributed by atoms with van der Waals surface area (Å²) in [6, 6.07) is 0.654. The highest BCUT2D eigenvalue weighted by Gasteiger charge is 2.28. The molecule has 1 saturated heterocycles. The zero-order chi connectivity index (χ0) is 24.5. The second-order valence-electron chi connectivity index (χ2n) is 8.01. The molecule has 0 N–H and O–H groups in total. The van der Waals surface area contributed by atoms with E-state index < -0.39 is 0 Å². The molecule has 10 nitrogen and oxygen atoms in total. The minimum absolute atomic E-state index is 0.338. The van der Waals surface area contributed by atoms with Gasteiger partial charge in [-0.05, 0) is 19.9 Å². The molecule has 0 amide bonds. The molecule has 1 heterocycles. The molecule has 0 aromatic heterocycles. The maximum atomic E-state index is 5.89. The Bertz CT molecular complexity index is 420. The van der Waals surface area contributed by atoms with E-state index in [0.29, 0.717) is 118 Å². The van der Waals surface area contributed by atoms with Crippen LogP contribution in [0.1, 0.15) is 19.8 Å². The maximum absolute atomic E-state index is 5.89. The summed E-state index contributed by atoms with van der Waals surface area (Å²) in [6.45, 7) is 12.3. The quantitative estimate of drug-likeness (QED) is 0.163. The van der Waals surface area contributed by atoms with Crippen LogP contribution in [-0.4, -0.2) is 143 Å². The molecule has 1 aliphatic rings. The summed E-state index contributed by atoms with van der Waals surface area (Å²) >= 11 is 0. The number of hydrogen-bond acceptors (Lipinski definition) is 10. The largest absolute Gasteiger partial charge is 0.382 e. The van der Waals surface area contributed by atoms with Gasteiger partial charge >= 0.3 is 0 Å². The number of likely N-dealkylation sites (tertiary alicyclic amines) is 1. The molecule has 0 aromatic carbocycles. The Labute approximate surface area is 206 Å². The Balaban J connectivity index is 1.66. The smallest absolute Gasteiger partial charge is 0.0718 e. The number of likely N-dealkylation sites (N-methyl/N-ethyl adjacent to an activating group) is 1. The summed E-state index contributed by atoms with van der Waals surface area (Å²) in [5, 5.41) is 0. The molecule has 0 radical (unpaired) electrons. The molecule has 1 fully saturated rings. The number of nitrogens with zero attached hydrogens (tertiary/aromatic N) is 1. The Kier molecular flexibility index (Phi) is 22.6. The van der Waals surface area contributed by atoms with Crippen molar-refractivity contribution in [2.45, 2.75) is 31.9 Å². The molecule has 2 unspecified atom stereocenters. The van der Waals surface area contributed by atoms with Gasteiger partial charge in [-0.25, -0.2) is 0 Å². The lowest BCUT2D eigenvalue weighted by Crippen LogP contribution is -2.24. The first-order valence-electron chi connectivity index (χ1n) is 12.6. The van der Waals surface area contributed by atoms with Crippen molar-refractivity contribution in [2.24, 2.45) is 0 Å². The average molecular weight is 496 g/mol. The monoisotopic (exact) mass is 495 g/mol. The zero-order valence-corrected chi connectivity index (χ0v) is 21.7. The number of methoxy groups -OCH3 is 1. The second kappa shape index (κ2) is 24.3. The van der Waals surface area contributed by atoms with Crippen LogP contribution < -0.4 is 0 Å².